The fraction of sp³-hybridized carbons (Fsp3) is 0.125. The van der Waals surface area contributed by atoms with E-state index in [2.05, 4.69) is 59.6 Å². The van der Waals surface area contributed by atoms with Crippen molar-refractivity contribution >= 4 is 23.0 Å². The Hall–Kier alpha value is -2.00. The van der Waals surface area contributed by atoms with Crippen LogP contribution in [0.15, 0.2) is 42.5 Å². The highest BCUT2D eigenvalue weighted by Gasteiger charge is 2.10. The van der Waals surface area contributed by atoms with Gasteiger partial charge in [-0.05, 0) is 35.7 Å². The zero-order valence-electron chi connectivity index (χ0n) is 10.9. The monoisotopic (exact) mass is 266 g/mol. The molecule has 1 heterocycles. The summed E-state index contributed by atoms with van der Waals surface area (Å²) in [5.41, 5.74) is 4.35. The standard InChI is InChI=1S/C16H14N2S/c1-10-11(2)16(19)18-17-15(10)14-9-5-7-12-6-3-4-8-13(12)14/h3-9H,1-2H3,(H,18,19). The third-order valence-electron chi connectivity index (χ3n) is 3.57. The van der Waals surface area contributed by atoms with Gasteiger partial charge >= 0.3 is 0 Å². The van der Waals surface area contributed by atoms with Gasteiger partial charge in [0, 0.05) is 5.56 Å². The summed E-state index contributed by atoms with van der Waals surface area (Å²) >= 11 is 5.23. The van der Waals surface area contributed by atoms with Crippen LogP contribution >= 0.6 is 12.2 Å². The number of nitrogens with one attached hydrogen (secondary N) is 1. The quantitative estimate of drug-likeness (QED) is 0.653. The molecule has 1 aromatic heterocycles. The van der Waals surface area contributed by atoms with Crippen molar-refractivity contribution in [2.45, 2.75) is 13.8 Å². The average Bonchev–Trinajstić information content (AvgIpc) is 2.45. The Morgan fingerprint density at radius 2 is 1.68 bits per heavy atom. The zero-order chi connectivity index (χ0) is 13.4. The van der Waals surface area contributed by atoms with Crippen molar-refractivity contribution in [1.29, 1.82) is 0 Å². The molecule has 0 spiro atoms. The highest BCUT2D eigenvalue weighted by molar-refractivity contribution is 7.71. The highest BCUT2D eigenvalue weighted by atomic mass is 32.1. The Kier molecular flexibility index (Phi) is 2.91. The van der Waals surface area contributed by atoms with E-state index < -0.39 is 0 Å². The number of hydrogen-bond acceptors (Lipinski definition) is 2. The molecule has 94 valence electrons. The molecule has 19 heavy (non-hydrogen) atoms. The molecule has 1 N–H and O–H groups in total. The lowest BCUT2D eigenvalue weighted by Crippen LogP contribution is -1.96. The van der Waals surface area contributed by atoms with E-state index in [0.717, 1.165) is 22.4 Å². The molecule has 0 atom stereocenters. The topological polar surface area (TPSA) is 28.7 Å². The van der Waals surface area contributed by atoms with Crippen LogP contribution in [-0.2, 0) is 0 Å². The number of hydrogen-bond donors (Lipinski definition) is 1. The minimum Gasteiger partial charge on any atom is -0.267 e. The van der Waals surface area contributed by atoms with Crippen LogP contribution in [0.5, 0.6) is 0 Å². The van der Waals surface area contributed by atoms with Gasteiger partial charge in [0.2, 0.25) is 0 Å². The second-order valence-electron chi connectivity index (χ2n) is 4.68. The average molecular weight is 266 g/mol. The second kappa shape index (κ2) is 4.59. The van der Waals surface area contributed by atoms with Crippen LogP contribution in [-0.4, -0.2) is 10.2 Å². The molecule has 3 rings (SSSR count). The van der Waals surface area contributed by atoms with Crippen LogP contribution in [0.1, 0.15) is 11.1 Å². The van der Waals surface area contributed by atoms with Gasteiger partial charge in [-0.3, -0.25) is 5.10 Å². The van der Waals surface area contributed by atoms with Gasteiger partial charge in [0.25, 0.3) is 0 Å². The van der Waals surface area contributed by atoms with E-state index in [1.807, 2.05) is 6.92 Å². The van der Waals surface area contributed by atoms with Crippen LogP contribution in [0.2, 0.25) is 0 Å². The number of fused-ring (bicyclic) bond motifs is 1. The van der Waals surface area contributed by atoms with Crippen molar-refractivity contribution in [2.24, 2.45) is 0 Å². The molecule has 3 heteroatoms. The molecular formula is C16H14N2S. The summed E-state index contributed by atoms with van der Waals surface area (Å²) in [6, 6.07) is 14.6. The molecule has 0 saturated carbocycles. The van der Waals surface area contributed by atoms with Crippen LogP contribution in [0.25, 0.3) is 22.0 Å². The van der Waals surface area contributed by atoms with E-state index >= 15 is 0 Å². The SMILES string of the molecule is Cc1c(-c2cccc3ccccc23)n[nH]c(=S)c1C. The lowest BCUT2D eigenvalue weighted by molar-refractivity contribution is 0.988. The van der Waals surface area contributed by atoms with Crippen LogP contribution in [0.4, 0.5) is 0 Å². The third kappa shape index (κ3) is 1.96. The van der Waals surface area contributed by atoms with E-state index in [0.29, 0.717) is 4.64 Å². The molecule has 0 unspecified atom stereocenters. The van der Waals surface area contributed by atoms with Gasteiger partial charge in [-0.15, -0.1) is 0 Å². The van der Waals surface area contributed by atoms with Gasteiger partial charge in [0.15, 0.2) is 0 Å². The molecule has 0 aliphatic heterocycles. The lowest BCUT2D eigenvalue weighted by Gasteiger charge is -2.10. The van der Waals surface area contributed by atoms with Gasteiger partial charge < -0.3 is 0 Å². The highest BCUT2D eigenvalue weighted by Crippen LogP contribution is 2.29. The van der Waals surface area contributed by atoms with Crippen LogP contribution in [0.3, 0.4) is 0 Å². The maximum Gasteiger partial charge on any atom is 0.122 e. The van der Waals surface area contributed by atoms with Crippen molar-refractivity contribution in [3.8, 4) is 11.3 Å². The fourth-order valence-electron chi connectivity index (χ4n) is 2.32. The molecule has 2 nitrogen and oxygen atoms in total. The van der Waals surface area contributed by atoms with Gasteiger partial charge in [0.05, 0.1) is 5.69 Å². The molecule has 0 amide bonds. The number of rotatable bonds is 1. The van der Waals surface area contributed by atoms with Crippen molar-refractivity contribution in [1.82, 2.24) is 10.2 Å². The molecular weight excluding hydrogens is 252 g/mol. The summed E-state index contributed by atoms with van der Waals surface area (Å²) in [5.74, 6) is 0. The van der Waals surface area contributed by atoms with Gasteiger partial charge in [-0.2, -0.15) is 5.10 Å². The first-order valence-electron chi connectivity index (χ1n) is 6.22. The van der Waals surface area contributed by atoms with E-state index in [9.17, 15) is 0 Å². The molecule has 0 fully saturated rings. The smallest absolute Gasteiger partial charge is 0.122 e. The first-order valence-corrected chi connectivity index (χ1v) is 6.63. The second-order valence-corrected chi connectivity index (χ2v) is 5.09. The summed E-state index contributed by atoms with van der Waals surface area (Å²) in [7, 11) is 0. The van der Waals surface area contributed by atoms with E-state index in [1.54, 1.807) is 0 Å². The molecule has 0 saturated heterocycles. The summed E-state index contributed by atoms with van der Waals surface area (Å²) in [6.45, 7) is 4.10. The van der Waals surface area contributed by atoms with Crippen molar-refractivity contribution in [2.75, 3.05) is 0 Å². The first-order chi connectivity index (χ1) is 9.18. The van der Waals surface area contributed by atoms with Gasteiger partial charge in [0.1, 0.15) is 4.64 Å². The zero-order valence-corrected chi connectivity index (χ0v) is 11.7. The molecule has 0 radical (unpaired) electrons. The van der Waals surface area contributed by atoms with E-state index in [4.69, 9.17) is 12.2 Å². The van der Waals surface area contributed by atoms with Crippen molar-refractivity contribution in [3.63, 3.8) is 0 Å². The summed E-state index contributed by atoms with van der Waals surface area (Å²) in [5, 5.41) is 9.80. The van der Waals surface area contributed by atoms with Crippen LogP contribution < -0.4 is 0 Å². The number of aromatic amines is 1. The predicted octanol–water partition coefficient (Wildman–Crippen LogP) is 4.58. The molecule has 2 aromatic carbocycles. The fourth-order valence-corrected chi connectivity index (χ4v) is 2.52. The van der Waals surface area contributed by atoms with Crippen molar-refractivity contribution < 1.29 is 0 Å². The molecule has 0 bridgehead atoms. The maximum atomic E-state index is 5.23. The maximum absolute atomic E-state index is 5.23. The largest absolute Gasteiger partial charge is 0.267 e. The molecule has 0 aliphatic carbocycles. The molecule has 3 aromatic rings. The Bertz CT molecular complexity index is 813. The summed E-state index contributed by atoms with van der Waals surface area (Å²) in [4.78, 5) is 0. The summed E-state index contributed by atoms with van der Waals surface area (Å²) < 4.78 is 0.710. The minimum atomic E-state index is 0.710. The van der Waals surface area contributed by atoms with E-state index in [1.165, 1.54) is 10.8 Å². The summed E-state index contributed by atoms with van der Waals surface area (Å²) in [6.07, 6.45) is 0. The Morgan fingerprint density at radius 3 is 2.53 bits per heavy atom. The normalized spacial score (nSPS) is 10.8. The Balaban J connectivity index is 2.37. The van der Waals surface area contributed by atoms with Crippen molar-refractivity contribution in [3.05, 3.63) is 58.2 Å². The Labute approximate surface area is 117 Å². The van der Waals surface area contributed by atoms with Gasteiger partial charge in [-0.1, -0.05) is 54.7 Å². The minimum absolute atomic E-state index is 0.710. The first kappa shape index (κ1) is 12.1. The number of aromatic nitrogens is 2. The predicted molar refractivity (Wildman–Crippen MR) is 81.8 cm³/mol. The number of H-pyrrole nitrogens is 1. The lowest BCUT2D eigenvalue weighted by atomic mass is 9.98. The number of benzene rings is 2. The van der Waals surface area contributed by atoms with Crippen LogP contribution in [0, 0.1) is 18.5 Å². The Morgan fingerprint density at radius 1 is 0.947 bits per heavy atom. The van der Waals surface area contributed by atoms with E-state index in [-0.39, 0.29) is 0 Å². The molecule has 0 aliphatic rings. The third-order valence-corrected chi connectivity index (χ3v) is 3.97. The number of nitrogens with zero attached hydrogens (tertiary/aromatic N) is 1. The van der Waals surface area contributed by atoms with Gasteiger partial charge in [-0.25, -0.2) is 0 Å².